The number of nitrogens with two attached hydrogens (primary N) is 1. The van der Waals surface area contributed by atoms with Crippen LogP contribution in [0.4, 0.5) is 0 Å². The van der Waals surface area contributed by atoms with Crippen LogP contribution in [0, 0.1) is 5.41 Å². The Morgan fingerprint density at radius 2 is 1.87 bits per heavy atom. The van der Waals surface area contributed by atoms with Crippen molar-refractivity contribution in [2.45, 2.75) is 23.8 Å². The van der Waals surface area contributed by atoms with Crippen molar-refractivity contribution in [3.05, 3.63) is 42.5 Å². The number of guanidine groups is 1. The quantitative estimate of drug-likeness (QED) is 0.229. The van der Waals surface area contributed by atoms with Gasteiger partial charge in [0, 0.05) is 32.7 Å². The van der Waals surface area contributed by atoms with Crippen LogP contribution in [-0.4, -0.2) is 64.0 Å². The van der Waals surface area contributed by atoms with Crippen molar-refractivity contribution in [3.8, 4) is 0 Å². The van der Waals surface area contributed by atoms with Gasteiger partial charge in [-0.3, -0.25) is 10.2 Å². The summed E-state index contributed by atoms with van der Waals surface area (Å²) in [5.74, 6) is -0.389. The first-order valence-corrected chi connectivity index (χ1v) is 11.4. The Hall–Kier alpha value is -2.69. The molecule has 1 unspecified atom stereocenters. The zero-order chi connectivity index (χ0) is 21.6. The Balaban J connectivity index is 1.78. The van der Waals surface area contributed by atoms with Crippen LogP contribution >= 0.6 is 0 Å². The van der Waals surface area contributed by atoms with E-state index in [0.717, 1.165) is 10.8 Å². The van der Waals surface area contributed by atoms with Gasteiger partial charge in [-0.2, -0.15) is 4.72 Å². The summed E-state index contributed by atoms with van der Waals surface area (Å²) in [6.45, 7) is 2.83. The molecule has 1 atom stereocenters. The number of amides is 1. The Kier molecular flexibility index (Phi) is 7.24. The largest absolute Gasteiger partial charge is 0.370 e. The molecule has 30 heavy (non-hydrogen) atoms. The van der Waals surface area contributed by atoms with Crippen molar-refractivity contribution in [2.24, 2.45) is 5.73 Å². The van der Waals surface area contributed by atoms with Crippen molar-refractivity contribution < 1.29 is 13.2 Å². The van der Waals surface area contributed by atoms with Gasteiger partial charge in [-0.15, -0.1) is 0 Å². The minimum atomic E-state index is -3.89. The van der Waals surface area contributed by atoms with E-state index in [1.54, 1.807) is 23.1 Å². The number of hydrogen-bond acceptors (Lipinski definition) is 5. The minimum absolute atomic E-state index is 0.126. The summed E-state index contributed by atoms with van der Waals surface area (Å²) in [6, 6.07) is 11.6. The van der Waals surface area contributed by atoms with Crippen molar-refractivity contribution in [1.29, 1.82) is 5.41 Å². The highest BCUT2D eigenvalue weighted by atomic mass is 32.2. The fourth-order valence-corrected chi connectivity index (χ4v) is 4.72. The van der Waals surface area contributed by atoms with E-state index in [1.807, 2.05) is 24.3 Å². The maximum absolute atomic E-state index is 13.1. The molecule has 1 aliphatic heterocycles. The summed E-state index contributed by atoms with van der Waals surface area (Å²) >= 11 is 0. The molecule has 0 spiro atoms. The molecule has 0 aliphatic carbocycles. The highest BCUT2D eigenvalue weighted by molar-refractivity contribution is 7.89. The van der Waals surface area contributed by atoms with Gasteiger partial charge < -0.3 is 21.3 Å². The van der Waals surface area contributed by atoms with Crippen LogP contribution in [0.5, 0.6) is 0 Å². The van der Waals surface area contributed by atoms with Gasteiger partial charge in [0.15, 0.2) is 5.96 Å². The molecule has 0 bridgehead atoms. The van der Waals surface area contributed by atoms with Gasteiger partial charge in [-0.05, 0) is 35.7 Å². The summed E-state index contributed by atoms with van der Waals surface area (Å²) in [6.07, 6.45) is 0.790. The van der Waals surface area contributed by atoms with Gasteiger partial charge in [-0.25, -0.2) is 8.42 Å². The first kappa shape index (κ1) is 22.0. The van der Waals surface area contributed by atoms with Crippen LogP contribution in [0.15, 0.2) is 47.4 Å². The van der Waals surface area contributed by atoms with Gasteiger partial charge in [0.25, 0.3) is 0 Å². The third-order valence-electron chi connectivity index (χ3n) is 5.04. The highest BCUT2D eigenvalue weighted by Crippen LogP contribution is 2.20. The number of piperazine rings is 1. The SMILES string of the molecule is N=C(N)NCCCC(NS(=O)(=O)c1ccc2ccccc2c1)C(=O)N1CCNCC1. The van der Waals surface area contributed by atoms with E-state index in [9.17, 15) is 13.2 Å². The van der Waals surface area contributed by atoms with Gasteiger partial charge in [-0.1, -0.05) is 30.3 Å². The van der Waals surface area contributed by atoms with Gasteiger partial charge in [0.1, 0.15) is 6.04 Å². The summed E-state index contributed by atoms with van der Waals surface area (Å²) in [7, 11) is -3.89. The second-order valence-electron chi connectivity index (χ2n) is 7.24. The monoisotopic (exact) mass is 432 g/mol. The van der Waals surface area contributed by atoms with Gasteiger partial charge in [0.2, 0.25) is 15.9 Å². The van der Waals surface area contributed by atoms with E-state index in [4.69, 9.17) is 11.1 Å². The second kappa shape index (κ2) is 9.88. The number of benzene rings is 2. The van der Waals surface area contributed by atoms with Crippen LogP contribution in [0.3, 0.4) is 0 Å². The summed E-state index contributed by atoms with van der Waals surface area (Å²) in [5, 5.41) is 14.8. The number of sulfonamides is 1. The number of rotatable bonds is 8. The minimum Gasteiger partial charge on any atom is -0.370 e. The van der Waals surface area contributed by atoms with Crippen LogP contribution in [0.1, 0.15) is 12.8 Å². The Bertz CT molecular complexity index is 1000. The van der Waals surface area contributed by atoms with Crippen LogP contribution in [0.2, 0.25) is 0 Å². The normalized spacial score (nSPS) is 15.7. The molecular formula is C20H28N6O3S. The van der Waals surface area contributed by atoms with Crippen molar-refractivity contribution in [2.75, 3.05) is 32.7 Å². The first-order chi connectivity index (χ1) is 14.4. The molecule has 0 radical (unpaired) electrons. The smallest absolute Gasteiger partial charge is 0.241 e. The number of nitrogens with zero attached hydrogens (tertiary/aromatic N) is 1. The molecular weight excluding hydrogens is 404 g/mol. The molecule has 1 aliphatic rings. The molecule has 1 heterocycles. The molecule has 2 aromatic rings. The van der Waals surface area contributed by atoms with E-state index in [-0.39, 0.29) is 16.8 Å². The third kappa shape index (κ3) is 5.68. The fourth-order valence-electron chi connectivity index (χ4n) is 3.46. The Labute approximate surface area is 176 Å². The number of carbonyl (C=O) groups excluding carboxylic acids is 1. The van der Waals surface area contributed by atoms with E-state index in [0.29, 0.717) is 45.6 Å². The topological polar surface area (TPSA) is 140 Å². The van der Waals surface area contributed by atoms with Gasteiger partial charge in [0.05, 0.1) is 4.90 Å². The number of carbonyl (C=O) groups is 1. The molecule has 162 valence electrons. The molecule has 1 amide bonds. The predicted molar refractivity (Wildman–Crippen MR) is 117 cm³/mol. The maximum Gasteiger partial charge on any atom is 0.241 e. The van der Waals surface area contributed by atoms with Gasteiger partial charge >= 0.3 is 0 Å². The van der Waals surface area contributed by atoms with E-state index >= 15 is 0 Å². The van der Waals surface area contributed by atoms with Crippen molar-refractivity contribution in [3.63, 3.8) is 0 Å². The number of hydrogen-bond donors (Lipinski definition) is 5. The number of fused-ring (bicyclic) bond motifs is 1. The lowest BCUT2D eigenvalue weighted by Crippen LogP contribution is -2.54. The Morgan fingerprint density at radius 3 is 2.57 bits per heavy atom. The summed E-state index contributed by atoms with van der Waals surface area (Å²) < 4.78 is 28.7. The first-order valence-electron chi connectivity index (χ1n) is 9.95. The molecule has 10 heteroatoms. The van der Waals surface area contributed by atoms with E-state index < -0.39 is 16.1 Å². The molecule has 3 rings (SSSR count). The summed E-state index contributed by atoms with van der Waals surface area (Å²) in [5.41, 5.74) is 5.29. The molecule has 9 nitrogen and oxygen atoms in total. The molecule has 0 aromatic heterocycles. The Morgan fingerprint density at radius 1 is 1.17 bits per heavy atom. The molecule has 0 saturated carbocycles. The lowest BCUT2D eigenvalue weighted by atomic mass is 10.1. The van der Waals surface area contributed by atoms with Crippen LogP contribution in [0.25, 0.3) is 10.8 Å². The van der Waals surface area contributed by atoms with Crippen molar-refractivity contribution in [1.82, 2.24) is 20.3 Å². The van der Waals surface area contributed by atoms with E-state index in [2.05, 4.69) is 15.4 Å². The zero-order valence-corrected chi connectivity index (χ0v) is 17.5. The molecule has 6 N–H and O–H groups in total. The molecule has 1 saturated heterocycles. The fraction of sp³-hybridized carbons (Fsp3) is 0.400. The van der Waals surface area contributed by atoms with Crippen molar-refractivity contribution >= 4 is 32.7 Å². The average Bonchev–Trinajstić information content (AvgIpc) is 2.75. The molecule has 1 fully saturated rings. The van der Waals surface area contributed by atoms with E-state index in [1.165, 1.54) is 0 Å². The third-order valence-corrected chi connectivity index (χ3v) is 6.51. The van der Waals surface area contributed by atoms with Crippen LogP contribution in [-0.2, 0) is 14.8 Å². The highest BCUT2D eigenvalue weighted by Gasteiger charge is 2.29. The summed E-state index contributed by atoms with van der Waals surface area (Å²) in [4.78, 5) is 14.8. The second-order valence-corrected chi connectivity index (χ2v) is 8.95. The lowest BCUT2D eigenvalue weighted by molar-refractivity contribution is -0.133. The average molecular weight is 433 g/mol. The predicted octanol–water partition coefficient (Wildman–Crippen LogP) is 0.182. The number of nitrogens with one attached hydrogen (secondary N) is 4. The standard InChI is InChI=1S/C20H28N6O3S/c21-20(22)24-9-3-6-18(19(27)26-12-10-23-11-13-26)25-30(28,29)17-8-7-15-4-1-2-5-16(15)14-17/h1-2,4-5,7-8,14,18,23,25H,3,6,9-13H2,(H4,21,22,24). The zero-order valence-electron chi connectivity index (χ0n) is 16.7. The molecule has 2 aromatic carbocycles. The lowest BCUT2D eigenvalue weighted by Gasteiger charge is -2.31. The van der Waals surface area contributed by atoms with Crippen LogP contribution < -0.4 is 21.1 Å². The maximum atomic E-state index is 13.1.